The van der Waals surface area contributed by atoms with Crippen LogP contribution >= 0.6 is 0 Å². The third kappa shape index (κ3) is 7.29. The first kappa shape index (κ1) is 19.9. The number of methoxy groups -OCH3 is 2. The summed E-state index contributed by atoms with van der Waals surface area (Å²) >= 11 is 0. The van der Waals surface area contributed by atoms with E-state index in [1.54, 1.807) is 7.11 Å². The van der Waals surface area contributed by atoms with Crippen LogP contribution in [0.25, 0.3) is 0 Å². The molecule has 132 valence electrons. The molecule has 1 aliphatic carbocycles. The third-order valence-electron chi connectivity index (χ3n) is 4.47. The Morgan fingerprint density at radius 2 is 2.09 bits per heavy atom. The summed E-state index contributed by atoms with van der Waals surface area (Å²) in [6, 6.07) is 0. The molecule has 0 heterocycles. The normalized spacial score (nSPS) is 27.6. The number of allylic oxidation sites excluding steroid dienone is 2. The second-order valence-electron chi connectivity index (χ2n) is 6.23. The van der Waals surface area contributed by atoms with Crippen LogP contribution < -0.4 is 0 Å². The van der Waals surface area contributed by atoms with Gasteiger partial charge in [-0.3, -0.25) is 0 Å². The molecule has 0 unspecified atom stereocenters. The number of aliphatic hydroxyl groups excluding tert-OH is 2. The SMILES string of the molecule is COC(=O)/C=C/[C@@H](O)[C@@H]1C[C@@H](O)C[C@H]1/C=C/CCC[C@H](C)OC. The molecule has 0 aromatic carbocycles. The Kier molecular flexibility index (Phi) is 9.14. The van der Waals surface area contributed by atoms with Crippen molar-refractivity contribution in [2.24, 2.45) is 11.8 Å². The molecule has 0 aromatic heterocycles. The fourth-order valence-electron chi connectivity index (χ4n) is 2.99. The molecule has 0 aliphatic heterocycles. The molecule has 5 atom stereocenters. The number of carbonyl (C=O) groups excluding carboxylic acids is 1. The summed E-state index contributed by atoms with van der Waals surface area (Å²) in [6.45, 7) is 2.05. The molecule has 1 aliphatic rings. The smallest absolute Gasteiger partial charge is 0.330 e. The minimum absolute atomic E-state index is 0.0694. The summed E-state index contributed by atoms with van der Waals surface area (Å²) in [5, 5.41) is 20.1. The van der Waals surface area contributed by atoms with E-state index in [9.17, 15) is 15.0 Å². The van der Waals surface area contributed by atoms with Gasteiger partial charge in [0.15, 0.2) is 0 Å². The highest BCUT2D eigenvalue weighted by atomic mass is 16.5. The van der Waals surface area contributed by atoms with Gasteiger partial charge in [-0.1, -0.05) is 12.2 Å². The first-order valence-corrected chi connectivity index (χ1v) is 8.29. The van der Waals surface area contributed by atoms with Crippen molar-refractivity contribution in [3.05, 3.63) is 24.3 Å². The van der Waals surface area contributed by atoms with Gasteiger partial charge < -0.3 is 19.7 Å². The maximum atomic E-state index is 11.1. The van der Waals surface area contributed by atoms with E-state index in [4.69, 9.17) is 4.74 Å². The van der Waals surface area contributed by atoms with Crippen molar-refractivity contribution in [2.75, 3.05) is 14.2 Å². The van der Waals surface area contributed by atoms with E-state index in [1.807, 2.05) is 0 Å². The third-order valence-corrected chi connectivity index (χ3v) is 4.47. The first-order valence-electron chi connectivity index (χ1n) is 8.29. The van der Waals surface area contributed by atoms with Gasteiger partial charge in [0.2, 0.25) is 0 Å². The van der Waals surface area contributed by atoms with Crippen molar-refractivity contribution in [1.82, 2.24) is 0 Å². The van der Waals surface area contributed by atoms with Gasteiger partial charge in [-0.05, 0) is 56.9 Å². The topological polar surface area (TPSA) is 76.0 Å². The maximum absolute atomic E-state index is 11.1. The fraction of sp³-hybridized carbons (Fsp3) is 0.722. The van der Waals surface area contributed by atoms with Gasteiger partial charge in [0, 0.05) is 13.2 Å². The number of hydrogen-bond donors (Lipinski definition) is 2. The van der Waals surface area contributed by atoms with Gasteiger partial charge in [0.1, 0.15) is 0 Å². The lowest BCUT2D eigenvalue weighted by Gasteiger charge is -2.19. The zero-order chi connectivity index (χ0) is 17.2. The molecular formula is C18H30O5. The highest BCUT2D eigenvalue weighted by Crippen LogP contribution is 2.36. The second kappa shape index (κ2) is 10.6. The Morgan fingerprint density at radius 3 is 2.74 bits per heavy atom. The van der Waals surface area contributed by atoms with Crippen molar-refractivity contribution >= 4 is 5.97 Å². The zero-order valence-electron chi connectivity index (χ0n) is 14.4. The molecule has 5 nitrogen and oxygen atoms in total. The highest BCUT2D eigenvalue weighted by Gasteiger charge is 2.35. The average molecular weight is 326 g/mol. The van der Waals surface area contributed by atoms with E-state index in [0.717, 1.165) is 19.3 Å². The molecule has 0 saturated heterocycles. The summed E-state index contributed by atoms with van der Waals surface area (Å²) < 4.78 is 9.73. The summed E-state index contributed by atoms with van der Waals surface area (Å²) in [7, 11) is 3.02. The second-order valence-corrected chi connectivity index (χ2v) is 6.23. The molecule has 0 aromatic rings. The van der Waals surface area contributed by atoms with Crippen LogP contribution in [0, 0.1) is 11.8 Å². The maximum Gasteiger partial charge on any atom is 0.330 e. The van der Waals surface area contributed by atoms with E-state index in [2.05, 4.69) is 23.8 Å². The molecule has 1 fully saturated rings. The number of unbranched alkanes of at least 4 members (excludes halogenated alkanes) is 1. The Hall–Kier alpha value is -1.17. The zero-order valence-corrected chi connectivity index (χ0v) is 14.4. The molecule has 0 bridgehead atoms. The molecule has 5 heteroatoms. The van der Waals surface area contributed by atoms with E-state index in [1.165, 1.54) is 19.3 Å². The van der Waals surface area contributed by atoms with Gasteiger partial charge in [-0.15, -0.1) is 0 Å². The standard InChI is InChI=1S/C18H30O5/c1-13(22-2)7-5-4-6-8-14-11-15(19)12-16(14)17(20)9-10-18(21)23-3/h6,8-10,13-17,19-20H,4-5,7,11-12H2,1-3H3/b8-6+,10-9+/t13-,14+,15-,16+,17+/m0/s1. The van der Waals surface area contributed by atoms with Crippen LogP contribution in [-0.2, 0) is 14.3 Å². The Morgan fingerprint density at radius 1 is 1.35 bits per heavy atom. The summed E-state index contributed by atoms with van der Waals surface area (Å²) in [5.74, 6) is -0.427. The number of esters is 1. The molecule has 2 N–H and O–H groups in total. The van der Waals surface area contributed by atoms with Crippen molar-refractivity contribution in [3.63, 3.8) is 0 Å². The lowest BCUT2D eigenvalue weighted by molar-refractivity contribution is -0.134. The summed E-state index contributed by atoms with van der Waals surface area (Å²) in [5.41, 5.74) is 0. The minimum Gasteiger partial charge on any atom is -0.466 e. The molecule has 1 saturated carbocycles. The first-order chi connectivity index (χ1) is 11.0. The highest BCUT2D eigenvalue weighted by molar-refractivity contribution is 5.81. The molecule has 23 heavy (non-hydrogen) atoms. The molecule has 0 spiro atoms. The Balaban J connectivity index is 2.48. The van der Waals surface area contributed by atoms with Crippen molar-refractivity contribution in [1.29, 1.82) is 0 Å². The molecule has 1 rings (SSSR count). The monoisotopic (exact) mass is 326 g/mol. The van der Waals surface area contributed by atoms with Crippen molar-refractivity contribution in [2.45, 2.75) is 57.3 Å². The van der Waals surface area contributed by atoms with Crippen LogP contribution in [-0.4, -0.2) is 48.7 Å². The van der Waals surface area contributed by atoms with Crippen molar-refractivity contribution < 1.29 is 24.5 Å². The lowest BCUT2D eigenvalue weighted by Crippen LogP contribution is -2.21. The molecule has 0 radical (unpaired) electrons. The number of carbonyl (C=O) groups is 1. The minimum atomic E-state index is -0.755. The van der Waals surface area contributed by atoms with E-state index >= 15 is 0 Å². The molecule has 0 amide bonds. The quantitative estimate of drug-likeness (QED) is 0.294. The summed E-state index contributed by atoms with van der Waals surface area (Å²) in [6.07, 6.45) is 10.2. The van der Waals surface area contributed by atoms with Crippen LogP contribution in [0.3, 0.4) is 0 Å². The van der Waals surface area contributed by atoms with Crippen LogP contribution in [0.4, 0.5) is 0 Å². The van der Waals surface area contributed by atoms with Gasteiger partial charge in [-0.25, -0.2) is 4.79 Å². The van der Waals surface area contributed by atoms with E-state index in [-0.39, 0.29) is 17.9 Å². The largest absolute Gasteiger partial charge is 0.466 e. The number of hydrogen-bond acceptors (Lipinski definition) is 5. The number of rotatable bonds is 9. The van der Waals surface area contributed by atoms with Gasteiger partial charge in [0.05, 0.1) is 25.4 Å². The predicted molar refractivity (Wildman–Crippen MR) is 88.8 cm³/mol. The lowest BCUT2D eigenvalue weighted by atomic mass is 9.89. The molecular weight excluding hydrogens is 296 g/mol. The Labute approximate surface area is 139 Å². The van der Waals surface area contributed by atoms with Crippen LogP contribution in [0.1, 0.15) is 39.0 Å². The van der Waals surface area contributed by atoms with Gasteiger partial charge in [-0.2, -0.15) is 0 Å². The van der Waals surface area contributed by atoms with Gasteiger partial charge >= 0.3 is 5.97 Å². The fourth-order valence-corrected chi connectivity index (χ4v) is 2.99. The van der Waals surface area contributed by atoms with Crippen LogP contribution in [0.15, 0.2) is 24.3 Å². The average Bonchev–Trinajstić information content (AvgIpc) is 2.92. The van der Waals surface area contributed by atoms with Gasteiger partial charge in [0.25, 0.3) is 0 Å². The summed E-state index contributed by atoms with van der Waals surface area (Å²) in [4.78, 5) is 11.1. The van der Waals surface area contributed by atoms with Crippen LogP contribution in [0.5, 0.6) is 0 Å². The van der Waals surface area contributed by atoms with Crippen molar-refractivity contribution in [3.8, 4) is 0 Å². The predicted octanol–water partition coefficient (Wildman–Crippen LogP) is 2.22. The Bertz CT molecular complexity index is 404. The van der Waals surface area contributed by atoms with E-state index < -0.39 is 18.2 Å². The van der Waals surface area contributed by atoms with E-state index in [0.29, 0.717) is 12.8 Å². The van der Waals surface area contributed by atoms with Crippen LogP contribution in [0.2, 0.25) is 0 Å². The number of ether oxygens (including phenoxy) is 2. The number of aliphatic hydroxyl groups is 2.